The van der Waals surface area contributed by atoms with Crippen LogP contribution >= 0.6 is 55.9 Å². The number of hydrogen-bond acceptors (Lipinski definition) is 27. The number of halogens is 1. The number of alkyl carbamates (subject to hydrolysis) is 1. The van der Waals surface area contributed by atoms with Crippen molar-refractivity contribution in [2.45, 2.75) is 188 Å². The summed E-state index contributed by atoms with van der Waals surface area (Å²) >= 11 is 2.80. The van der Waals surface area contributed by atoms with Gasteiger partial charge in [-0.05, 0) is 88.4 Å². The fraction of sp³-hybridized carbons (Fsp3) is 0.655. The van der Waals surface area contributed by atoms with E-state index in [2.05, 4.69) is 39.8 Å². The van der Waals surface area contributed by atoms with Gasteiger partial charge in [-0.3, -0.25) is 24.5 Å². The van der Waals surface area contributed by atoms with Crippen LogP contribution in [0.5, 0.6) is 17.2 Å². The van der Waals surface area contributed by atoms with Gasteiger partial charge in [-0.25, -0.2) is 4.79 Å². The Morgan fingerprint density at radius 3 is 2.23 bits per heavy atom. The number of Topliss-reactive ketones (excluding diaryl/α,β-unsaturated/α-hetero) is 1. The van der Waals surface area contributed by atoms with Crippen LogP contribution in [0, 0.1) is 34.2 Å². The first-order valence-electron chi connectivity index (χ1n) is 28.2. The number of carbonyl (C=O) groups excluding carboxylic acids is 3. The molecule has 0 spiro atoms. The number of benzene rings is 1. The predicted octanol–water partition coefficient (Wildman–Crippen LogP) is 2.78. The molecule has 1 aromatic rings. The molecule has 2 aliphatic carbocycles. The summed E-state index contributed by atoms with van der Waals surface area (Å²) in [6, 6.07) is -1.35. The number of ether oxygens (including phenoxy) is 12. The number of ketones is 1. The van der Waals surface area contributed by atoms with Crippen molar-refractivity contribution in [2.75, 3.05) is 54.5 Å². The van der Waals surface area contributed by atoms with Crippen molar-refractivity contribution in [2.24, 2.45) is 0 Å². The van der Waals surface area contributed by atoms with E-state index < -0.39 is 143 Å². The maximum absolute atomic E-state index is 14.5. The maximum atomic E-state index is 14.5. The highest BCUT2D eigenvalue weighted by molar-refractivity contribution is 14.1. The largest absolute Gasteiger partial charge is 0.492 e. The molecule has 0 aromatic heterocycles. The van der Waals surface area contributed by atoms with Gasteiger partial charge in [0.2, 0.25) is 17.2 Å². The van der Waals surface area contributed by atoms with Crippen molar-refractivity contribution in [1.82, 2.24) is 16.1 Å². The molecule has 1 amide bonds. The number of aliphatic carboxylic acids is 1. The fourth-order valence-corrected chi connectivity index (χ4v) is 14.6. The number of fused-ring (bicyclic) bond motifs is 2. The number of thioether (sulfide) groups is 1. The highest BCUT2D eigenvalue weighted by Gasteiger charge is 2.52. The molecule has 1 aromatic carbocycles. The molecule has 0 radical (unpaired) electrons. The number of aliphatic hydroxyl groups is 5. The Balaban J connectivity index is 1.13. The maximum Gasteiger partial charge on any atom is 0.411 e. The van der Waals surface area contributed by atoms with Crippen LogP contribution in [0.4, 0.5) is 4.79 Å². The Morgan fingerprint density at radius 2 is 1.58 bits per heavy atom. The molecule has 9 N–H and O–H groups in total. The van der Waals surface area contributed by atoms with Crippen molar-refractivity contribution in [3.63, 3.8) is 0 Å². The standard InChI is InChI=1S/C58H78IN3O23S3/c1-13-60-31-25-78-36(23-35(31)73-8)83-49-44(66)41(27(3)80-54(49)82-34-18-16-14-15-17-20-58(72)24-33(64)42(61-56(71)77-12)39(34)30(58)19-21-86-88-57(6,7)55(69)70)62-85-37-22-32(63)51(29(5)79-37)87-52(68)38-26(2)40(59)47(50(76-11)46(38)74-9)84-53-45(67)48(75-10)43(65)28(4)81-53/h14-15,19,27-29,31-32,34-37,41,43-45,48-49,51,53-54,60,62-63,65-67,72H,13,21-25H2,1-12H3,(H,61,71)(H,69,70)/b15-14-,30-19+/t27-,28+,29-,31+,32+,34+,35+,36+,37+,41-,43+,44+,45-,48-,49-,51-,53+,54+,58+/m1/s1. The van der Waals surface area contributed by atoms with E-state index >= 15 is 0 Å². The molecule has 4 saturated heterocycles. The van der Waals surface area contributed by atoms with Crippen LogP contribution < -0.4 is 30.3 Å². The minimum atomic E-state index is -2.19. The molecule has 7 rings (SSSR count). The van der Waals surface area contributed by atoms with Gasteiger partial charge >= 0.3 is 12.1 Å². The molecule has 6 aliphatic rings. The average Bonchev–Trinajstić information content (AvgIpc) is 1.00. The van der Waals surface area contributed by atoms with E-state index in [4.69, 9.17) is 61.7 Å². The number of methoxy groups -OCH3 is 5. The van der Waals surface area contributed by atoms with E-state index in [9.17, 15) is 49.8 Å². The minimum absolute atomic E-state index is 0.00933. The van der Waals surface area contributed by atoms with Crippen LogP contribution in [0.25, 0.3) is 0 Å². The number of rotatable bonds is 23. The van der Waals surface area contributed by atoms with Crippen molar-refractivity contribution in [1.29, 1.82) is 0 Å². The van der Waals surface area contributed by atoms with E-state index in [0.29, 0.717) is 15.7 Å². The first kappa shape index (κ1) is 71.6. The number of carboxylic acid groups (broad SMARTS) is 1. The summed E-state index contributed by atoms with van der Waals surface area (Å²) in [7, 11) is 8.90. The molecular weight excluding hydrogens is 1330 g/mol. The zero-order valence-corrected chi connectivity index (χ0v) is 55.2. The summed E-state index contributed by atoms with van der Waals surface area (Å²) in [5.74, 6) is 9.68. The molecule has 30 heteroatoms. The average molecular weight is 1410 g/mol. The summed E-state index contributed by atoms with van der Waals surface area (Å²) in [5.41, 5.74) is 0.761. The second kappa shape index (κ2) is 31.7. The van der Waals surface area contributed by atoms with Gasteiger partial charge in [0.1, 0.15) is 41.4 Å². The molecule has 0 unspecified atom stereocenters. The van der Waals surface area contributed by atoms with Gasteiger partial charge in [-0.1, -0.05) is 70.0 Å². The summed E-state index contributed by atoms with van der Waals surface area (Å²) in [4.78, 5) is 59.7. The molecular formula is C58H78IN3O23S3. The van der Waals surface area contributed by atoms with Gasteiger partial charge < -0.3 is 92.8 Å². The predicted molar refractivity (Wildman–Crippen MR) is 328 cm³/mol. The number of nitrogens with one attached hydrogen (secondary N) is 3. The quantitative estimate of drug-likeness (QED) is 0.0250. The summed E-state index contributed by atoms with van der Waals surface area (Å²) in [6.07, 6.45) is -14.9. The molecule has 26 nitrogen and oxygen atoms in total. The van der Waals surface area contributed by atoms with E-state index in [0.717, 1.165) is 40.5 Å². The minimum Gasteiger partial charge on any atom is -0.492 e. The van der Waals surface area contributed by atoms with E-state index in [-0.39, 0.29) is 70.9 Å². The zero-order chi connectivity index (χ0) is 64.5. The van der Waals surface area contributed by atoms with Crippen molar-refractivity contribution < 1.29 is 111 Å². The Morgan fingerprint density at radius 1 is 0.875 bits per heavy atom. The van der Waals surface area contributed by atoms with Crippen LogP contribution in [-0.4, -0.2) is 228 Å². The first-order valence-corrected chi connectivity index (χ1v) is 32.5. The molecule has 4 heterocycles. The van der Waals surface area contributed by atoms with Gasteiger partial charge in [0, 0.05) is 44.0 Å². The van der Waals surface area contributed by atoms with Gasteiger partial charge in [0.25, 0.3) is 0 Å². The molecule has 2 bridgehead atoms. The number of carbonyl (C=O) groups is 4. The number of amides is 1. The third-order valence-electron chi connectivity index (χ3n) is 15.4. The summed E-state index contributed by atoms with van der Waals surface area (Å²) < 4.78 is 71.2. The topological polar surface area (TPSA) is 346 Å². The SMILES string of the molecule is CCN[C@H]1CO[C@@H](O[C@H]2[C@H](O[C@H]3C#C/C=C\C#C[C@]4(O)CC(=O)C(NC(=O)OC)=C3/C4=C\CSSC(C)(C)C(=O)O)O[C@H](C)[C@@H](NO[C@H]3C[C@H](O)[C@H](SC(=O)c4c(C)c(I)c(O[C@@H]5O[C@@H](C)[C@H](O)[C@@H](OC)[C@H]5O)c(OC)c4OC)[C@@H](C)O3)[C@@H]2O)C[C@@H]1OC. The third kappa shape index (κ3) is 16.3. The highest BCUT2D eigenvalue weighted by Crippen LogP contribution is 2.49. The lowest BCUT2D eigenvalue weighted by molar-refractivity contribution is -0.336. The Bertz CT molecular complexity index is 2900. The highest BCUT2D eigenvalue weighted by atomic mass is 127. The van der Waals surface area contributed by atoms with Crippen LogP contribution in [0.1, 0.15) is 76.7 Å². The van der Waals surface area contributed by atoms with E-state index in [1.54, 1.807) is 40.9 Å². The molecule has 88 heavy (non-hydrogen) atoms. The number of carboxylic acids is 1. The number of hydrogen-bond donors (Lipinski definition) is 9. The smallest absolute Gasteiger partial charge is 0.411 e. The Labute approximate surface area is 536 Å². The molecule has 4 aliphatic heterocycles. The normalized spacial score (nSPS) is 35.0. The Hall–Kier alpha value is -3.82. The number of allylic oxidation sites excluding steroid dienone is 3. The summed E-state index contributed by atoms with van der Waals surface area (Å²) in [5, 5.41) is 72.5. The van der Waals surface area contributed by atoms with E-state index in [1.807, 2.05) is 29.5 Å². The van der Waals surface area contributed by atoms with Crippen LogP contribution in [-0.2, 0) is 57.1 Å². The lowest BCUT2D eigenvalue weighted by Crippen LogP contribution is -2.65. The van der Waals surface area contributed by atoms with Crippen LogP contribution in [0.2, 0.25) is 0 Å². The Kier molecular flexibility index (Phi) is 25.8. The van der Waals surface area contributed by atoms with Crippen molar-refractivity contribution >= 4 is 78.9 Å². The lowest BCUT2D eigenvalue weighted by atomic mass is 9.75. The van der Waals surface area contributed by atoms with E-state index in [1.165, 1.54) is 47.3 Å². The molecule has 0 saturated carbocycles. The number of likely N-dealkylation sites (N-methyl/N-ethyl adjacent to an activating group) is 1. The molecule has 4 fully saturated rings. The van der Waals surface area contributed by atoms with Gasteiger partial charge in [-0.15, -0.1) is 0 Å². The molecule has 488 valence electrons. The monoisotopic (exact) mass is 1410 g/mol. The number of aliphatic hydroxyl groups excluding tert-OH is 4. The third-order valence-corrected chi connectivity index (χ3v) is 21.1. The van der Waals surface area contributed by atoms with Gasteiger partial charge in [0.15, 0.2) is 41.8 Å². The van der Waals surface area contributed by atoms with Crippen molar-refractivity contribution in [3.05, 3.63) is 49.8 Å². The van der Waals surface area contributed by atoms with Crippen molar-refractivity contribution in [3.8, 4) is 40.9 Å². The second-order valence-corrected chi connectivity index (χ2v) is 26.9. The van der Waals surface area contributed by atoms with Gasteiger partial charge in [0.05, 0.1) is 97.0 Å². The zero-order valence-electron chi connectivity index (χ0n) is 50.6. The van der Waals surface area contributed by atoms with Gasteiger partial charge in [-0.2, -0.15) is 5.48 Å². The number of hydroxylamine groups is 1. The lowest BCUT2D eigenvalue weighted by Gasteiger charge is -2.46. The fourth-order valence-electron chi connectivity index (χ4n) is 10.6. The second-order valence-electron chi connectivity index (χ2n) is 21.7. The van der Waals surface area contributed by atoms with Crippen LogP contribution in [0.15, 0.2) is 35.1 Å². The molecule has 19 atom stereocenters. The van der Waals surface area contributed by atoms with Crippen LogP contribution in [0.3, 0.4) is 0 Å². The summed E-state index contributed by atoms with van der Waals surface area (Å²) in [6.45, 7) is 12.3. The first-order chi connectivity index (χ1) is 41.8.